The van der Waals surface area contributed by atoms with Gasteiger partial charge in [-0.2, -0.15) is 4.98 Å². The highest BCUT2D eigenvalue weighted by Crippen LogP contribution is 2.19. The fourth-order valence-electron chi connectivity index (χ4n) is 2.82. The molecule has 1 N–H and O–H groups in total. The Labute approximate surface area is 148 Å². The van der Waals surface area contributed by atoms with Gasteiger partial charge in [0.25, 0.3) is 5.91 Å². The van der Waals surface area contributed by atoms with Gasteiger partial charge in [-0.3, -0.25) is 4.79 Å². The number of aromatic nitrogens is 2. The first kappa shape index (κ1) is 17.2. The lowest BCUT2D eigenvalue weighted by Crippen LogP contribution is -2.31. The third-order valence-corrected chi connectivity index (χ3v) is 4.14. The van der Waals surface area contributed by atoms with Gasteiger partial charge in [-0.25, -0.2) is 4.98 Å². The van der Waals surface area contributed by atoms with Crippen LogP contribution in [0.2, 0.25) is 0 Å². The number of anilines is 1. The monoisotopic (exact) mass is 340 g/mol. The number of carbonyl (C=O) groups excluding carboxylic acids is 1. The molecule has 0 radical (unpaired) electrons. The summed E-state index contributed by atoms with van der Waals surface area (Å²) in [6, 6.07) is 11.6. The molecule has 6 nitrogen and oxygen atoms in total. The van der Waals surface area contributed by atoms with Crippen LogP contribution in [0.1, 0.15) is 30.5 Å². The van der Waals surface area contributed by atoms with E-state index in [4.69, 9.17) is 4.74 Å². The summed E-state index contributed by atoms with van der Waals surface area (Å²) in [4.78, 5) is 23.1. The van der Waals surface area contributed by atoms with Gasteiger partial charge in [-0.1, -0.05) is 30.3 Å². The highest BCUT2D eigenvalue weighted by atomic mass is 16.5. The van der Waals surface area contributed by atoms with Crippen molar-refractivity contribution in [3.05, 3.63) is 47.7 Å². The number of rotatable bonds is 6. The average molecular weight is 340 g/mol. The summed E-state index contributed by atoms with van der Waals surface area (Å²) in [6.07, 6.45) is 3.58. The van der Waals surface area contributed by atoms with Crippen LogP contribution in [0.5, 0.6) is 5.88 Å². The normalized spacial score (nSPS) is 14.2. The summed E-state index contributed by atoms with van der Waals surface area (Å²) in [5.41, 5.74) is 1.90. The lowest BCUT2D eigenvalue weighted by atomic mass is 10.1. The molecule has 25 heavy (non-hydrogen) atoms. The Balaban J connectivity index is 1.53. The van der Waals surface area contributed by atoms with Gasteiger partial charge in [0.05, 0.1) is 0 Å². The number of piperidine rings is 1. The Morgan fingerprint density at radius 2 is 1.92 bits per heavy atom. The van der Waals surface area contributed by atoms with Gasteiger partial charge in [0.1, 0.15) is 0 Å². The Morgan fingerprint density at radius 3 is 2.68 bits per heavy atom. The van der Waals surface area contributed by atoms with Crippen molar-refractivity contribution in [1.29, 1.82) is 0 Å². The number of ether oxygens (including phenoxy) is 1. The van der Waals surface area contributed by atoms with Crippen molar-refractivity contribution in [1.82, 2.24) is 15.3 Å². The third-order valence-electron chi connectivity index (χ3n) is 4.14. The van der Waals surface area contributed by atoms with Gasteiger partial charge in [0.15, 0.2) is 6.61 Å². The van der Waals surface area contributed by atoms with E-state index in [9.17, 15) is 4.79 Å². The first-order valence-corrected chi connectivity index (χ1v) is 8.75. The predicted molar refractivity (Wildman–Crippen MR) is 96.6 cm³/mol. The van der Waals surface area contributed by atoms with Crippen molar-refractivity contribution in [2.45, 2.75) is 32.7 Å². The van der Waals surface area contributed by atoms with Crippen molar-refractivity contribution in [3.8, 4) is 5.88 Å². The van der Waals surface area contributed by atoms with Crippen LogP contribution in [-0.2, 0) is 11.3 Å². The van der Waals surface area contributed by atoms with Crippen molar-refractivity contribution in [2.24, 2.45) is 0 Å². The zero-order chi connectivity index (χ0) is 17.5. The quantitative estimate of drug-likeness (QED) is 0.875. The second-order valence-electron chi connectivity index (χ2n) is 6.25. The molecular weight excluding hydrogens is 316 g/mol. The van der Waals surface area contributed by atoms with E-state index >= 15 is 0 Å². The summed E-state index contributed by atoms with van der Waals surface area (Å²) in [7, 11) is 0. The topological polar surface area (TPSA) is 67.3 Å². The molecule has 0 atom stereocenters. The number of carbonyl (C=O) groups is 1. The van der Waals surface area contributed by atoms with Gasteiger partial charge in [-0.05, 0) is 31.7 Å². The van der Waals surface area contributed by atoms with Crippen molar-refractivity contribution in [3.63, 3.8) is 0 Å². The van der Waals surface area contributed by atoms with Gasteiger partial charge in [0.2, 0.25) is 11.8 Å². The zero-order valence-corrected chi connectivity index (χ0v) is 14.6. The molecular formula is C19H24N4O2. The third kappa shape index (κ3) is 5.17. The average Bonchev–Trinajstić information content (AvgIpc) is 2.66. The Kier molecular flexibility index (Phi) is 5.82. The minimum Gasteiger partial charge on any atom is -0.467 e. The summed E-state index contributed by atoms with van der Waals surface area (Å²) in [5.74, 6) is 0.974. The van der Waals surface area contributed by atoms with Gasteiger partial charge in [-0.15, -0.1) is 0 Å². The number of hydrogen-bond donors (Lipinski definition) is 1. The summed E-state index contributed by atoms with van der Waals surface area (Å²) >= 11 is 0. The highest BCUT2D eigenvalue weighted by Gasteiger charge is 2.15. The van der Waals surface area contributed by atoms with Crippen molar-refractivity contribution < 1.29 is 9.53 Å². The molecule has 1 aromatic heterocycles. The molecule has 0 spiro atoms. The maximum absolute atomic E-state index is 12.0. The molecule has 0 unspecified atom stereocenters. The van der Waals surface area contributed by atoms with Crippen LogP contribution < -0.4 is 15.0 Å². The molecule has 1 aliphatic heterocycles. The van der Waals surface area contributed by atoms with Crippen LogP contribution >= 0.6 is 0 Å². The molecule has 2 heterocycles. The van der Waals surface area contributed by atoms with Crippen molar-refractivity contribution >= 4 is 11.9 Å². The summed E-state index contributed by atoms with van der Waals surface area (Å²) in [5, 5.41) is 2.84. The fourth-order valence-corrected chi connectivity index (χ4v) is 2.82. The maximum Gasteiger partial charge on any atom is 0.258 e. The molecule has 3 rings (SSSR count). The Bertz CT molecular complexity index is 700. The number of benzene rings is 1. The van der Waals surface area contributed by atoms with Gasteiger partial charge >= 0.3 is 0 Å². The van der Waals surface area contributed by atoms with Gasteiger partial charge < -0.3 is 15.0 Å². The first-order valence-electron chi connectivity index (χ1n) is 8.75. The van der Waals surface area contributed by atoms with E-state index in [0.717, 1.165) is 37.2 Å². The van der Waals surface area contributed by atoms with Crippen LogP contribution in [-0.4, -0.2) is 35.6 Å². The molecule has 2 aromatic rings. The lowest BCUT2D eigenvalue weighted by Gasteiger charge is -2.26. The van der Waals surface area contributed by atoms with Crippen LogP contribution in [0.3, 0.4) is 0 Å². The predicted octanol–water partition coefficient (Wildman–Crippen LogP) is 2.47. The van der Waals surface area contributed by atoms with E-state index in [1.54, 1.807) is 6.07 Å². The second-order valence-corrected chi connectivity index (χ2v) is 6.25. The molecule has 1 saturated heterocycles. The molecule has 1 aromatic carbocycles. The van der Waals surface area contributed by atoms with Crippen LogP contribution in [0.15, 0.2) is 36.4 Å². The standard InChI is InChI=1S/C19H24N4O2/c1-15-12-18(22-19(21-15)23-10-6-3-7-11-23)25-14-17(24)20-13-16-8-4-2-5-9-16/h2,4-5,8-9,12H,3,6-7,10-11,13-14H2,1H3,(H,20,24). The largest absolute Gasteiger partial charge is 0.467 e. The molecule has 1 amide bonds. The number of aryl methyl sites for hydroxylation is 1. The number of amides is 1. The SMILES string of the molecule is Cc1cc(OCC(=O)NCc2ccccc2)nc(N2CCCCC2)n1. The molecule has 0 saturated carbocycles. The number of nitrogens with zero attached hydrogens (tertiary/aromatic N) is 3. The number of hydrogen-bond acceptors (Lipinski definition) is 5. The molecule has 1 fully saturated rings. The zero-order valence-electron chi connectivity index (χ0n) is 14.6. The van der Waals surface area contributed by atoms with E-state index in [1.165, 1.54) is 6.42 Å². The van der Waals surface area contributed by atoms with Crippen LogP contribution in [0.25, 0.3) is 0 Å². The first-order chi connectivity index (χ1) is 12.2. The Morgan fingerprint density at radius 1 is 1.16 bits per heavy atom. The smallest absolute Gasteiger partial charge is 0.258 e. The maximum atomic E-state index is 12.0. The van der Waals surface area contributed by atoms with E-state index in [1.807, 2.05) is 37.3 Å². The van der Waals surface area contributed by atoms with E-state index < -0.39 is 0 Å². The molecule has 1 aliphatic rings. The van der Waals surface area contributed by atoms with Crippen molar-refractivity contribution in [2.75, 3.05) is 24.6 Å². The minimum atomic E-state index is -0.167. The second kappa shape index (κ2) is 8.46. The van der Waals surface area contributed by atoms with Gasteiger partial charge in [0, 0.05) is 31.4 Å². The summed E-state index contributed by atoms with van der Waals surface area (Å²) in [6.45, 7) is 4.30. The molecule has 132 valence electrons. The fraction of sp³-hybridized carbons (Fsp3) is 0.421. The minimum absolute atomic E-state index is 0.0529. The number of nitrogens with one attached hydrogen (secondary N) is 1. The molecule has 6 heteroatoms. The Hall–Kier alpha value is -2.63. The molecule has 0 aliphatic carbocycles. The van der Waals surface area contributed by atoms with Crippen LogP contribution in [0, 0.1) is 6.92 Å². The van der Waals surface area contributed by atoms with E-state index in [2.05, 4.69) is 20.2 Å². The van der Waals surface area contributed by atoms with E-state index in [-0.39, 0.29) is 12.5 Å². The van der Waals surface area contributed by atoms with E-state index in [0.29, 0.717) is 18.4 Å². The highest BCUT2D eigenvalue weighted by molar-refractivity contribution is 5.77. The summed E-state index contributed by atoms with van der Waals surface area (Å²) < 4.78 is 5.58. The van der Waals surface area contributed by atoms with Crippen LogP contribution in [0.4, 0.5) is 5.95 Å². The molecule has 0 bridgehead atoms. The lowest BCUT2D eigenvalue weighted by molar-refractivity contribution is -0.123.